The van der Waals surface area contributed by atoms with Crippen molar-refractivity contribution in [2.75, 3.05) is 7.11 Å². The van der Waals surface area contributed by atoms with Crippen LogP contribution in [0.3, 0.4) is 0 Å². The van der Waals surface area contributed by atoms with Gasteiger partial charge in [-0.05, 0) is 43.2 Å². The summed E-state index contributed by atoms with van der Waals surface area (Å²) < 4.78 is 7.55. The molecule has 0 amide bonds. The molecule has 0 aliphatic heterocycles. The van der Waals surface area contributed by atoms with E-state index in [0.29, 0.717) is 0 Å². The highest BCUT2D eigenvalue weighted by Crippen LogP contribution is 2.12. The second-order valence-corrected chi connectivity index (χ2v) is 4.87. The van der Waals surface area contributed by atoms with E-state index in [1.54, 1.807) is 7.11 Å². The Hall–Kier alpha value is -1.74. The first-order valence-corrected chi connectivity index (χ1v) is 7.29. The monoisotopic (exact) mass is 272 g/mol. The number of hydrogen-bond acceptors (Lipinski definition) is 2. The van der Waals surface area contributed by atoms with E-state index in [1.165, 1.54) is 17.0 Å². The third-order valence-corrected chi connectivity index (χ3v) is 3.63. The number of aryl methyl sites for hydroxylation is 1. The van der Waals surface area contributed by atoms with Crippen LogP contribution in [0.2, 0.25) is 0 Å². The molecular weight excluding hydrogens is 248 g/mol. The lowest BCUT2D eigenvalue weighted by Gasteiger charge is -2.11. The number of hydrogen-bond donors (Lipinski definition) is 1. The Balaban J connectivity index is 1.90. The highest BCUT2D eigenvalue weighted by atomic mass is 16.5. The van der Waals surface area contributed by atoms with Crippen LogP contribution in [0.4, 0.5) is 0 Å². The first-order valence-electron chi connectivity index (χ1n) is 7.29. The number of aromatic nitrogens is 1. The van der Waals surface area contributed by atoms with Crippen LogP contribution < -0.4 is 10.1 Å². The van der Waals surface area contributed by atoms with Crippen LogP contribution in [0, 0.1) is 0 Å². The van der Waals surface area contributed by atoms with Crippen LogP contribution in [-0.4, -0.2) is 11.7 Å². The molecule has 0 unspecified atom stereocenters. The molecule has 0 bridgehead atoms. The van der Waals surface area contributed by atoms with E-state index in [4.69, 9.17) is 4.74 Å². The first kappa shape index (κ1) is 14.7. The predicted octanol–water partition coefficient (Wildman–Crippen LogP) is 3.37. The van der Waals surface area contributed by atoms with Gasteiger partial charge in [-0.1, -0.05) is 19.1 Å². The number of nitrogens with one attached hydrogen (secondary N) is 1. The third-order valence-electron chi connectivity index (χ3n) is 3.63. The average molecular weight is 272 g/mol. The third kappa shape index (κ3) is 3.42. The maximum absolute atomic E-state index is 5.16. The van der Waals surface area contributed by atoms with Crippen LogP contribution >= 0.6 is 0 Å². The normalized spacial score (nSPS) is 10.8. The summed E-state index contributed by atoms with van der Waals surface area (Å²) in [6, 6.07) is 12.7. The minimum absolute atomic E-state index is 0.875. The van der Waals surface area contributed by atoms with E-state index in [9.17, 15) is 0 Å². The summed E-state index contributed by atoms with van der Waals surface area (Å²) in [6.45, 7) is 7.22. The molecule has 3 nitrogen and oxygen atoms in total. The molecule has 2 aromatic rings. The SMILES string of the molecule is CCc1ccc(CNCc2ccc(OC)cc2)n1CC. The molecule has 1 N–H and O–H groups in total. The Kier molecular flexibility index (Phi) is 5.24. The standard InChI is InChI=1S/C17H24N2O/c1-4-15-8-9-16(19(15)5-2)13-18-12-14-6-10-17(20-3)11-7-14/h6-11,18H,4-5,12-13H2,1-3H3. The summed E-state index contributed by atoms with van der Waals surface area (Å²) in [5.74, 6) is 0.904. The number of benzene rings is 1. The van der Waals surface area contributed by atoms with Crippen molar-refractivity contribution in [3.8, 4) is 5.75 Å². The second-order valence-electron chi connectivity index (χ2n) is 4.87. The minimum atomic E-state index is 0.875. The van der Waals surface area contributed by atoms with Crippen molar-refractivity contribution in [1.29, 1.82) is 0 Å². The summed E-state index contributed by atoms with van der Waals surface area (Å²) in [5.41, 5.74) is 4.04. The first-order chi connectivity index (χ1) is 9.78. The van der Waals surface area contributed by atoms with Gasteiger partial charge in [-0.25, -0.2) is 0 Å². The van der Waals surface area contributed by atoms with Gasteiger partial charge in [0.1, 0.15) is 5.75 Å². The minimum Gasteiger partial charge on any atom is -0.497 e. The summed E-state index contributed by atoms with van der Waals surface area (Å²) in [7, 11) is 1.69. The fourth-order valence-corrected chi connectivity index (χ4v) is 2.50. The molecule has 108 valence electrons. The molecule has 0 radical (unpaired) electrons. The Morgan fingerprint density at radius 2 is 1.65 bits per heavy atom. The molecule has 1 aromatic carbocycles. The predicted molar refractivity (Wildman–Crippen MR) is 83.0 cm³/mol. The number of methoxy groups -OCH3 is 1. The zero-order chi connectivity index (χ0) is 14.4. The lowest BCUT2D eigenvalue weighted by Crippen LogP contribution is -2.16. The fraction of sp³-hybridized carbons (Fsp3) is 0.412. The van der Waals surface area contributed by atoms with Gasteiger partial charge >= 0.3 is 0 Å². The second kappa shape index (κ2) is 7.15. The van der Waals surface area contributed by atoms with Gasteiger partial charge < -0.3 is 14.6 Å². The van der Waals surface area contributed by atoms with Crippen molar-refractivity contribution >= 4 is 0 Å². The van der Waals surface area contributed by atoms with Crippen LogP contribution in [-0.2, 0) is 26.1 Å². The molecule has 0 spiro atoms. The van der Waals surface area contributed by atoms with E-state index in [2.05, 4.69) is 48.0 Å². The number of rotatable bonds is 7. The van der Waals surface area contributed by atoms with Crippen molar-refractivity contribution < 1.29 is 4.74 Å². The van der Waals surface area contributed by atoms with Gasteiger partial charge in [0, 0.05) is 31.0 Å². The Morgan fingerprint density at radius 3 is 2.25 bits per heavy atom. The molecule has 0 atom stereocenters. The van der Waals surface area contributed by atoms with Gasteiger partial charge in [0.2, 0.25) is 0 Å². The van der Waals surface area contributed by atoms with Crippen molar-refractivity contribution in [1.82, 2.24) is 9.88 Å². The lowest BCUT2D eigenvalue weighted by atomic mass is 10.2. The van der Waals surface area contributed by atoms with Gasteiger partial charge in [-0.2, -0.15) is 0 Å². The number of ether oxygens (including phenoxy) is 1. The van der Waals surface area contributed by atoms with Crippen LogP contribution in [0.25, 0.3) is 0 Å². The molecule has 3 heteroatoms. The molecule has 1 heterocycles. The van der Waals surface area contributed by atoms with Crippen LogP contribution in [0.15, 0.2) is 36.4 Å². The van der Waals surface area contributed by atoms with Crippen molar-refractivity contribution in [2.24, 2.45) is 0 Å². The van der Waals surface area contributed by atoms with Gasteiger partial charge in [0.15, 0.2) is 0 Å². The molecular formula is C17H24N2O. The zero-order valence-corrected chi connectivity index (χ0v) is 12.6. The molecule has 0 fully saturated rings. The van der Waals surface area contributed by atoms with Gasteiger partial charge in [0.25, 0.3) is 0 Å². The summed E-state index contributed by atoms with van der Waals surface area (Å²) in [4.78, 5) is 0. The topological polar surface area (TPSA) is 26.2 Å². The Labute approximate surface area is 121 Å². The summed E-state index contributed by atoms with van der Waals surface area (Å²) in [5, 5.41) is 3.51. The van der Waals surface area contributed by atoms with Crippen molar-refractivity contribution in [3.05, 3.63) is 53.3 Å². The molecule has 20 heavy (non-hydrogen) atoms. The highest BCUT2D eigenvalue weighted by Gasteiger charge is 2.04. The maximum atomic E-state index is 5.16. The lowest BCUT2D eigenvalue weighted by molar-refractivity contribution is 0.414. The van der Waals surface area contributed by atoms with Gasteiger partial charge in [0.05, 0.1) is 7.11 Å². The van der Waals surface area contributed by atoms with Crippen molar-refractivity contribution in [3.63, 3.8) is 0 Å². The van der Waals surface area contributed by atoms with E-state index in [0.717, 1.165) is 31.8 Å². The summed E-state index contributed by atoms with van der Waals surface area (Å²) in [6.07, 6.45) is 1.09. The van der Waals surface area contributed by atoms with Gasteiger partial charge in [-0.3, -0.25) is 0 Å². The highest BCUT2D eigenvalue weighted by molar-refractivity contribution is 5.27. The smallest absolute Gasteiger partial charge is 0.118 e. The average Bonchev–Trinajstić information content (AvgIpc) is 2.90. The Bertz CT molecular complexity index is 528. The largest absolute Gasteiger partial charge is 0.497 e. The molecule has 0 saturated heterocycles. The van der Waals surface area contributed by atoms with E-state index in [-0.39, 0.29) is 0 Å². The Morgan fingerprint density at radius 1 is 0.950 bits per heavy atom. The molecule has 2 rings (SSSR count). The molecule has 1 aromatic heterocycles. The van der Waals surface area contributed by atoms with E-state index < -0.39 is 0 Å². The van der Waals surface area contributed by atoms with Crippen LogP contribution in [0.1, 0.15) is 30.8 Å². The van der Waals surface area contributed by atoms with Crippen LogP contribution in [0.5, 0.6) is 5.75 Å². The fourth-order valence-electron chi connectivity index (χ4n) is 2.50. The maximum Gasteiger partial charge on any atom is 0.118 e. The molecule has 0 aliphatic rings. The van der Waals surface area contributed by atoms with Crippen molar-refractivity contribution in [2.45, 2.75) is 39.9 Å². The van der Waals surface area contributed by atoms with E-state index >= 15 is 0 Å². The quantitative estimate of drug-likeness (QED) is 0.836. The van der Waals surface area contributed by atoms with Gasteiger partial charge in [-0.15, -0.1) is 0 Å². The number of nitrogens with zero attached hydrogens (tertiary/aromatic N) is 1. The summed E-state index contributed by atoms with van der Waals surface area (Å²) >= 11 is 0. The molecule has 0 saturated carbocycles. The zero-order valence-electron chi connectivity index (χ0n) is 12.6. The molecule has 0 aliphatic carbocycles. The van der Waals surface area contributed by atoms with E-state index in [1.807, 2.05) is 12.1 Å².